The number of nitrogens with one attached hydrogen (secondary N) is 2. The minimum absolute atomic E-state index is 0. The van der Waals surface area contributed by atoms with Crippen LogP contribution in [-0.2, 0) is 16.6 Å². The van der Waals surface area contributed by atoms with Crippen LogP contribution in [0.4, 0.5) is 0 Å². The maximum Gasteiger partial charge on any atom is 0.219 e. The van der Waals surface area contributed by atoms with Gasteiger partial charge in [0.05, 0.1) is 0 Å². The molecule has 142 valence electrons. The lowest BCUT2D eigenvalue weighted by Crippen LogP contribution is -2.26. The molecule has 1 heterocycles. The topological polar surface area (TPSA) is 41.1 Å². The molecule has 3 nitrogen and oxygen atoms in total. The summed E-state index contributed by atoms with van der Waals surface area (Å²) in [6.07, 6.45) is 6.13. The molecule has 0 aliphatic carbocycles. The Kier molecular flexibility index (Phi) is 9.52. The Labute approximate surface area is 159 Å². The average molecular weight is 367 g/mol. The molecular weight excluding hydrogens is 332 g/mol. The van der Waals surface area contributed by atoms with Crippen LogP contribution in [0.1, 0.15) is 64.0 Å². The van der Waals surface area contributed by atoms with Crippen molar-refractivity contribution >= 4 is 18.3 Å². The molecule has 1 unspecified atom stereocenters. The standard InChI is InChI=1S/C21H34N2O.ClH/c1-21(2,3)19-10-8-17(9-11-19)6-4-5-7-20(24)23-15-13-18-12-14-22-16-18;/h8-11,18,22H,4-7,12-16H2,1-3H3,(H,23,24);1H. The quantitative estimate of drug-likeness (QED) is 0.676. The Balaban J connectivity index is 0.00000312. The van der Waals surface area contributed by atoms with Gasteiger partial charge in [-0.3, -0.25) is 4.79 Å². The van der Waals surface area contributed by atoms with E-state index in [0.717, 1.165) is 51.2 Å². The Hall–Kier alpha value is -1.06. The molecule has 1 fully saturated rings. The number of amides is 1. The van der Waals surface area contributed by atoms with E-state index in [4.69, 9.17) is 0 Å². The van der Waals surface area contributed by atoms with Gasteiger partial charge in [-0.1, -0.05) is 45.0 Å². The van der Waals surface area contributed by atoms with Gasteiger partial charge >= 0.3 is 0 Å². The van der Waals surface area contributed by atoms with E-state index in [1.807, 2.05) is 0 Å². The molecule has 1 atom stereocenters. The van der Waals surface area contributed by atoms with Crippen molar-refractivity contribution in [3.05, 3.63) is 35.4 Å². The molecule has 0 bridgehead atoms. The summed E-state index contributed by atoms with van der Waals surface area (Å²) in [5, 5.41) is 6.43. The van der Waals surface area contributed by atoms with Crippen molar-refractivity contribution in [2.24, 2.45) is 5.92 Å². The van der Waals surface area contributed by atoms with Crippen molar-refractivity contribution < 1.29 is 4.79 Å². The summed E-state index contributed by atoms with van der Waals surface area (Å²) in [6, 6.07) is 8.94. The zero-order valence-corrected chi connectivity index (χ0v) is 16.9. The molecular formula is C21H35ClN2O. The van der Waals surface area contributed by atoms with Gasteiger partial charge in [-0.2, -0.15) is 0 Å². The lowest BCUT2D eigenvalue weighted by Gasteiger charge is -2.19. The molecule has 1 aromatic carbocycles. The van der Waals surface area contributed by atoms with Gasteiger partial charge in [0.2, 0.25) is 5.91 Å². The summed E-state index contributed by atoms with van der Waals surface area (Å²) in [5.41, 5.74) is 2.96. The van der Waals surface area contributed by atoms with E-state index >= 15 is 0 Å². The number of benzene rings is 1. The Morgan fingerprint density at radius 1 is 1.20 bits per heavy atom. The van der Waals surface area contributed by atoms with Gasteiger partial charge in [0, 0.05) is 13.0 Å². The number of carbonyl (C=O) groups excluding carboxylic acids is 1. The van der Waals surface area contributed by atoms with Gasteiger partial charge in [0.25, 0.3) is 0 Å². The van der Waals surface area contributed by atoms with Crippen LogP contribution in [0.5, 0.6) is 0 Å². The van der Waals surface area contributed by atoms with Crippen LogP contribution >= 0.6 is 12.4 Å². The number of aryl methyl sites for hydroxylation is 1. The zero-order chi connectivity index (χ0) is 17.4. The first-order valence-electron chi connectivity index (χ1n) is 9.52. The molecule has 1 amide bonds. The highest BCUT2D eigenvalue weighted by Crippen LogP contribution is 2.22. The molecule has 1 aliphatic rings. The average Bonchev–Trinajstić information content (AvgIpc) is 3.04. The zero-order valence-electron chi connectivity index (χ0n) is 16.1. The summed E-state index contributed by atoms with van der Waals surface area (Å²) in [6.45, 7) is 9.80. The monoisotopic (exact) mass is 366 g/mol. The van der Waals surface area contributed by atoms with E-state index in [1.165, 1.54) is 17.5 Å². The van der Waals surface area contributed by atoms with Crippen LogP contribution in [0.15, 0.2) is 24.3 Å². The minimum atomic E-state index is 0. The third-order valence-corrected chi connectivity index (χ3v) is 4.98. The van der Waals surface area contributed by atoms with Crippen LogP contribution in [0.2, 0.25) is 0 Å². The maximum absolute atomic E-state index is 11.9. The molecule has 1 saturated heterocycles. The molecule has 1 aliphatic heterocycles. The molecule has 0 aromatic heterocycles. The van der Waals surface area contributed by atoms with Gasteiger partial charge in [0.15, 0.2) is 0 Å². The number of unbranched alkanes of at least 4 members (excludes halogenated alkanes) is 1. The first-order valence-corrected chi connectivity index (χ1v) is 9.52. The lowest BCUT2D eigenvalue weighted by molar-refractivity contribution is -0.121. The molecule has 0 spiro atoms. The molecule has 0 saturated carbocycles. The Morgan fingerprint density at radius 2 is 1.92 bits per heavy atom. The van der Waals surface area contributed by atoms with E-state index in [2.05, 4.69) is 55.7 Å². The normalized spacial score (nSPS) is 17.2. The van der Waals surface area contributed by atoms with E-state index < -0.39 is 0 Å². The predicted octanol–water partition coefficient (Wildman–Crippen LogP) is 4.23. The number of carbonyl (C=O) groups is 1. The van der Waals surface area contributed by atoms with E-state index in [1.54, 1.807) is 0 Å². The van der Waals surface area contributed by atoms with Crippen molar-refractivity contribution in [3.8, 4) is 0 Å². The van der Waals surface area contributed by atoms with Gasteiger partial charge in [-0.15, -0.1) is 12.4 Å². The van der Waals surface area contributed by atoms with Crippen molar-refractivity contribution in [2.75, 3.05) is 19.6 Å². The third kappa shape index (κ3) is 8.24. The molecule has 25 heavy (non-hydrogen) atoms. The summed E-state index contributed by atoms with van der Waals surface area (Å²) in [7, 11) is 0. The van der Waals surface area contributed by atoms with E-state index in [-0.39, 0.29) is 23.7 Å². The molecule has 0 radical (unpaired) electrons. The number of halogens is 1. The lowest BCUT2D eigenvalue weighted by atomic mass is 9.86. The molecule has 1 aromatic rings. The molecule has 2 rings (SSSR count). The van der Waals surface area contributed by atoms with Crippen LogP contribution in [0.3, 0.4) is 0 Å². The first kappa shape index (κ1) is 22.0. The first-order chi connectivity index (χ1) is 11.4. The van der Waals surface area contributed by atoms with Crippen molar-refractivity contribution in [1.29, 1.82) is 0 Å². The molecule has 2 N–H and O–H groups in total. The van der Waals surface area contributed by atoms with Crippen LogP contribution in [0, 0.1) is 5.92 Å². The Bertz CT molecular complexity index is 502. The van der Waals surface area contributed by atoms with E-state index in [9.17, 15) is 4.79 Å². The highest BCUT2D eigenvalue weighted by Gasteiger charge is 2.14. The summed E-state index contributed by atoms with van der Waals surface area (Å²) < 4.78 is 0. The fourth-order valence-corrected chi connectivity index (χ4v) is 3.25. The van der Waals surface area contributed by atoms with Gasteiger partial charge in [-0.05, 0) is 67.7 Å². The Morgan fingerprint density at radius 3 is 2.52 bits per heavy atom. The van der Waals surface area contributed by atoms with Crippen LogP contribution < -0.4 is 10.6 Å². The van der Waals surface area contributed by atoms with Crippen LogP contribution in [0.25, 0.3) is 0 Å². The van der Waals surface area contributed by atoms with Crippen molar-refractivity contribution in [1.82, 2.24) is 10.6 Å². The highest BCUT2D eigenvalue weighted by atomic mass is 35.5. The second kappa shape index (κ2) is 10.8. The van der Waals surface area contributed by atoms with E-state index in [0.29, 0.717) is 6.42 Å². The predicted molar refractivity (Wildman–Crippen MR) is 109 cm³/mol. The summed E-state index contributed by atoms with van der Waals surface area (Å²) >= 11 is 0. The largest absolute Gasteiger partial charge is 0.356 e. The fourth-order valence-electron chi connectivity index (χ4n) is 3.25. The van der Waals surface area contributed by atoms with Crippen molar-refractivity contribution in [2.45, 2.75) is 64.7 Å². The summed E-state index contributed by atoms with van der Waals surface area (Å²) in [4.78, 5) is 11.9. The highest BCUT2D eigenvalue weighted by molar-refractivity contribution is 5.85. The third-order valence-electron chi connectivity index (χ3n) is 4.98. The summed E-state index contributed by atoms with van der Waals surface area (Å²) in [5.74, 6) is 0.963. The van der Waals surface area contributed by atoms with Crippen molar-refractivity contribution in [3.63, 3.8) is 0 Å². The smallest absolute Gasteiger partial charge is 0.219 e. The fraction of sp³-hybridized carbons (Fsp3) is 0.667. The minimum Gasteiger partial charge on any atom is -0.356 e. The maximum atomic E-state index is 11.9. The van der Waals surface area contributed by atoms with Gasteiger partial charge in [0.1, 0.15) is 0 Å². The van der Waals surface area contributed by atoms with Gasteiger partial charge in [-0.25, -0.2) is 0 Å². The number of hydrogen-bond donors (Lipinski definition) is 2. The SMILES string of the molecule is CC(C)(C)c1ccc(CCCCC(=O)NCCC2CCNC2)cc1.Cl. The second-order valence-electron chi connectivity index (χ2n) is 8.15. The second-order valence-corrected chi connectivity index (χ2v) is 8.15. The number of hydrogen-bond acceptors (Lipinski definition) is 2. The number of rotatable bonds is 8. The molecule has 4 heteroatoms. The van der Waals surface area contributed by atoms with Crippen LogP contribution in [-0.4, -0.2) is 25.5 Å². The van der Waals surface area contributed by atoms with Gasteiger partial charge < -0.3 is 10.6 Å².